The van der Waals surface area contributed by atoms with E-state index in [1.165, 1.54) is 29.0 Å². The first-order chi connectivity index (χ1) is 7.29. The lowest BCUT2D eigenvalue weighted by Crippen LogP contribution is -1.89. The van der Waals surface area contributed by atoms with E-state index >= 15 is 0 Å². The lowest BCUT2D eigenvalue weighted by Gasteiger charge is -1.98. The number of aromatic nitrogens is 1. The molecule has 15 heavy (non-hydrogen) atoms. The number of hydrogen-bond donors (Lipinski definition) is 1. The number of thiophene rings is 1. The summed E-state index contributed by atoms with van der Waals surface area (Å²) in [5.41, 5.74) is 8.98. The Morgan fingerprint density at radius 2 is 2.33 bits per heavy atom. The number of nitriles is 1. The van der Waals surface area contributed by atoms with Gasteiger partial charge in [-0.25, -0.2) is 4.98 Å². The Balaban J connectivity index is 2.37. The van der Waals surface area contributed by atoms with Crippen molar-refractivity contribution in [2.45, 2.75) is 19.3 Å². The molecule has 0 bridgehead atoms. The summed E-state index contributed by atoms with van der Waals surface area (Å²) in [6, 6.07) is 4.22. The first-order valence-electron chi connectivity index (χ1n) is 4.90. The van der Waals surface area contributed by atoms with Gasteiger partial charge in [0.25, 0.3) is 0 Å². The van der Waals surface area contributed by atoms with Gasteiger partial charge >= 0.3 is 0 Å². The number of aryl methyl sites for hydroxylation is 2. The lowest BCUT2D eigenvalue weighted by molar-refractivity contribution is 0.901. The summed E-state index contributed by atoms with van der Waals surface area (Å²) in [6.45, 7) is 0. The molecule has 2 N–H and O–H groups in total. The highest BCUT2D eigenvalue weighted by Gasteiger charge is 2.17. The van der Waals surface area contributed by atoms with Crippen LogP contribution in [0.25, 0.3) is 10.2 Å². The summed E-state index contributed by atoms with van der Waals surface area (Å²) in [5.74, 6) is 0. The normalized spacial score (nSPS) is 14.1. The third kappa shape index (κ3) is 1.13. The number of nitrogen functional groups attached to an aromatic ring is 1. The van der Waals surface area contributed by atoms with Crippen molar-refractivity contribution in [3.05, 3.63) is 22.2 Å². The predicted molar refractivity (Wildman–Crippen MR) is 60.8 cm³/mol. The van der Waals surface area contributed by atoms with Gasteiger partial charge in [0.1, 0.15) is 15.8 Å². The van der Waals surface area contributed by atoms with E-state index in [2.05, 4.69) is 17.1 Å². The van der Waals surface area contributed by atoms with Crippen molar-refractivity contribution in [1.29, 1.82) is 5.26 Å². The van der Waals surface area contributed by atoms with Crippen LogP contribution >= 0.6 is 11.3 Å². The summed E-state index contributed by atoms with van der Waals surface area (Å²) in [6.07, 6.45) is 3.34. The van der Waals surface area contributed by atoms with Crippen LogP contribution in [-0.4, -0.2) is 4.98 Å². The van der Waals surface area contributed by atoms with E-state index in [1.807, 2.05) is 0 Å². The Bertz CT molecular complexity index is 592. The van der Waals surface area contributed by atoms with Crippen LogP contribution in [0.15, 0.2) is 6.07 Å². The quantitative estimate of drug-likeness (QED) is 0.733. The number of hydrogen-bond acceptors (Lipinski definition) is 4. The minimum absolute atomic E-state index is 0.584. The summed E-state index contributed by atoms with van der Waals surface area (Å²) in [4.78, 5) is 6.06. The van der Waals surface area contributed by atoms with Gasteiger partial charge in [-0.2, -0.15) is 5.26 Å². The Hall–Kier alpha value is -1.60. The van der Waals surface area contributed by atoms with Crippen LogP contribution in [0.4, 0.5) is 5.69 Å². The minimum atomic E-state index is 0.584. The molecule has 1 aliphatic rings. The molecule has 0 fully saturated rings. The Morgan fingerprint density at radius 1 is 1.47 bits per heavy atom. The van der Waals surface area contributed by atoms with Gasteiger partial charge in [0.15, 0.2) is 0 Å². The minimum Gasteiger partial charge on any atom is -0.396 e. The van der Waals surface area contributed by atoms with Gasteiger partial charge in [-0.15, -0.1) is 11.3 Å². The predicted octanol–water partition coefficient (Wildman–Crippen LogP) is 2.24. The van der Waals surface area contributed by atoms with Crippen LogP contribution in [0.3, 0.4) is 0 Å². The molecule has 0 saturated carbocycles. The fraction of sp³-hybridized carbons (Fsp3) is 0.273. The lowest BCUT2D eigenvalue weighted by atomic mass is 10.1. The first kappa shape index (κ1) is 8.69. The number of fused-ring (bicyclic) bond motifs is 2. The molecule has 1 aliphatic carbocycles. The molecular formula is C11H9N3S. The van der Waals surface area contributed by atoms with E-state index in [9.17, 15) is 0 Å². The van der Waals surface area contributed by atoms with E-state index in [4.69, 9.17) is 11.0 Å². The number of anilines is 1. The molecule has 0 amide bonds. The Labute approximate surface area is 91.2 Å². The fourth-order valence-corrected chi connectivity index (χ4v) is 2.97. The van der Waals surface area contributed by atoms with E-state index in [-0.39, 0.29) is 0 Å². The van der Waals surface area contributed by atoms with E-state index < -0.39 is 0 Å². The van der Waals surface area contributed by atoms with Gasteiger partial charge in [-0.3, -0.25) is 0 Å². The first-order valence-corrected chi connectivity index (χ1v) is 5.72. The molecule has 0 unspecified atom stereocenters. The van der Waals surface area contributed by atoms with Gasteiger partial charge in [0.2, 0.25) is 0 Å². The molecule has 2 heterocycles. The zero-order valence-corrected chi connectivity index (χ0v) is 8.90. The highest BCUT2D eigenvalue weighted by Crippen LogP contribution is 2.35. The zero-order valence-electron chi connectivity index (χ0n) is 8.08. The number of nitrogens with two attached hydrogens (primary N) is 1. The number of nitrogens with zero attached hydrogens (tertiary/aromatic N) is 2. The van der Waals surface area contributed by atoms with Gasteiger partial charge in [-0.1, -0.05) is 0 Å². The molecule has 2 aromatic rings. The standard InChI is InChI=1S/C11H9N3S/c12-5-9-10(13)7-4-6-2-1-3-8(6)14-11(7)15-9/h4H,1-3,13H2. The molecule has 2 aromatic heterocycles. The second-order valence-electron chi connectivity index (χ2n) is 3.76. The van der Waals surface area contributed by atoms with Gasteiger partial charge in [0.05, 0.1) is 5.69 Å². The van der Waals surface area contributed by atoms with Crippen LogP contribution in [0.5, 0.6) is 0 Å². The summed E-state index contributed by atoms with van der Waals surface area (Å²) >= 11 is 1.39. The second-order valence-corrected chi connectivity index (χ2v) is 4.76. The molecule has 3 nitrogen and oxygen atoms in total. The molecule has 4 heteroatoms. The molecule has 3 rings (SSSR count). The highest BCUT2D eigenvalue weighted by atomic mass is 32.1. The van der Waals surface area contributed by atoms with Crippen molar-refractivity contribution in [2.75, 3.05) is 5.73 Å². The molecular weight excluding hydrogens is 206 g/mol. The van der Waals surface area contributed by atoms with Crippen LogP contribution < -0.4 is 5.73 Å². The third-order valence-corrected chi connectivity index (χ3v) is 3.87. The smallest absolute Gasteiger partial charge is 0.130 e. The number of pyridine rings is 1. The molecule has 74 valence electrons. The van der Waals surface area contributed by atoms with Crippen LogP contribution in [-0.2, 0) is 12.8 Å². The molecule has 0 saturated heterocycles. The van der Waals surface area contributed by atoms with Crippen molar-refractivity contribution in [3.63, 3.8) is 0 Å². The molecule has 0 aliphatic heterocycles. The molecule has 0 atom stereocenters. The Morgan fingerprint density at radius 3 is 3.13 bits per heavy atom. The van der Waals surface area contributed by atoms with Crippen LogP contribution in [0.2, 0.25) is 0 Å². The maximum atomic E-state index is 8.88. The van der Waals surface area contributed by atoms with Gasteiger partial charge in [-0.05, 0) is 30.9 Å². The van der Waals surface area contributed by atoms with Crippen LogP contribution in [0.1, 0.15) is 22.6 Å². The van der Waals surface area contributed by atoms with Gasteiger partial charge < -0.3 is 5.73 Å². The van der Waals surface area contributed by atoms with Crippen LogP contribution in [0, 0.1) is 11.3 Å². The zero-order chi connectivity index (χ0) is 10.4. The van der Waals surface area contributed by atoms with E-state index in [0.717, 1.165) is 23.1 Å². The second kappa shape index (κ2) is 2.94. The van der Waals surface area contributed by atoms with Crippen molar-refractivity contribution in [1.82, 2.24) is 4.98 Å². The maximum Gasteiger partial charge on any atom is 0.130 e. The summed E-state index contributed by atoms with van der Waals surface area (Å²) in [5, 5.41) is 9.84. The van der Waals surface area contributed by atoms with E-state index in [0.29, 0.717) is 10.6 Å². The van der Waals surface area contributed by atoms with Crippen molar-refractivity contribution < 1.29 is 0 Å². The fourth-order valence-electron chi connectivity index (χ4n) is 2.08. The Kier molecular flexibility index (Phi) is 1.70. The topological polar surface area (TPSA) is 62.7 Å². The molecule has 0 aromatic carbocycles. The van der Waals surface area contributed by atoms with Crippen molar-refractivity contribution in [2.24, 2.45) is 0 Å². The average molecular weight is 215 g/mol. The SMILES string of the molecule is N#Cc1sc2nc3c(cc2c1N)CCC3. The largest absolute Gasteiger partial charge is 0.396 e. The monoisotopic (exact) mass is 215 g/mol. The molecule has 0 spiro atoms. The summed E-state index contributed by atoms with van der Waals surface area (Å²) in [7, 11) is 0. The van der Waals surface area contributed by atoms with Gasteiger partial charge in [0, 0.05) is 11.1 Å². The van der Waals surface area contributed by atoms with E-state index in [1.54, 1.807) is 0 Å². The van der Waals surface area contributed by atoms with Crippen molar-refractivity contribution >= 4 is 27.2 Å². The molecule has 0 radical (unpaired) electrons. The third-order valence-electron chi connectivity index (χ3n) is 2.85. The average Bonchev–Trinajstić information content (AvgIpc) is 2.80. The highest BCUT2D eigenvalue weighted by molar-refractivity contribution is 7.19. The maximum absolute atomic E-state index is 8.88. The van der Waals surface area contributed by atoms with Crippen molar-refractivity contribution in [3.8, 4) is 6.07 Å². The summed E-state index contributed by atoms with van der Waals surface area (Å²) < 4.78 is 0. The number of rotatable bonds is 0.